The van der Waals surface area contributed by atoms with Gasteiger partial charge in [0.05, 0.1) is 27.4 Å². The van der Waals surface area contributed by atoms with Gasteiger partial charge in [-0.25, -0.2) is 0 Å². The Balaban J connectivity index is 3.24. The van der Waals surface area contributed by atoms with Crippen LogP contribution in [0, 0.1) is 0 Å². The molecule has 0 radical (unpaired) electrons. The number of benzene rings is 1. The van der Waals surface area contributed by atoms with Gasteiger partial charge < -0.3 is 24.4 Å². The molecule has 1 aromatic rings. The molecule has 0 spiro atoms. The summed E-state index contributed by atoms with van der Waals surface area (Å²) in [5.74, 6) is 1.50. The van der Waals surface area contributed by atoms with E-state index in [1.807, 2.05) is 0 Å². The maximum atomic E-state index is 10.0. The molecule has 0 aromatic heterocycles. The molecule has 0 saturated carbocycles. The van der Waals surface area contributed by atoms with Gasteiger partial charge in [0, 0.05) is 17.4 Å². The van der Waals surface area contributed by atoms with E-state index >= 15 is 0 Å². The van der Waals surface area contributed by atoms with Gasteiger partial charge in [-0.3, -0.25) is 0 Å². The van der Waals surface area contributed by atoms with Crippen molar-refractivity contribution in [3.63, 3.8) is 0 Å². The van der Waals surface area contributed by atoms with Crippen LogP contribution in [0.25, 0.3) is 0 Å². The summed E-state index contributed by atoms with van der Waals surface area (Å²) in [4.78, 5) is 0. The van der Waals surface area contributed by atoms with Crippen LogP contribution >= 0.6 is 12.6 Å². The Kier molecular flexibility index (Phi) is 5.58. The molecule has 0 aliphatic rings. The van der Waals surface area contributed by atoms with Gasteiger partial charge in [-0.1, -0.05) is 0 Å². The molecule has 0 aliphatic carbocycles. The normalized spacial score (nSPS) is 13.9. The second-order valence-electron chi connectivity index (χ2n) is 3.64. The molecule has 0 heterocycles. The Hall–Kier alpha value is -1.11. The standard InChI is InChI=1S/C12H18O5S/c1-15-9-5-11(17-3)10(16-2)4-7(9)12(14)8(13)6-18/h4-5,8,12-14,18H,6H2,1-3H3. The van der Waals surface area contributed by atoms with Crippen LogP contribution in [0.15, 0.2) is 12.1 Å². The molecule has 0 amide bonds. The predicted octanol–water partition coefficient (Wildman–Crippen LogP) is 1.04. The Morgan fingerprint density at radius 2 is 1.50 bits per heavy atom. The number of rotatable bonds is 6. The average molecular weight is 274 g/mol. The third-order valence-corrected chi connectivity index (χ3v) is 2.98. The van der Waals surface area contributed by atoms with Crippen LogP contribution < -0.4 is 14.2 Å². The lowest BCUT2D eigenvalue weighted by Crippen LogP contribution is -2.20. The highest BCUT2D eigenvalue weighted by atomic mass is 32.1. The van der Waals surface area contributed by atoms with Gasteiger partial charge in [0.2, 0.25) is 0 Å². The monoisotopic (exact) mass is 274 g/mol. The maximum Gasteiger partial charge on any atom is 0.164 e. The molecule has 0 fully saturated rings. The van der Waals surface area contributed by atoms with Crippen LogP contribution in [0.3, 0.4) is 0 Å². The van der Waals surface area contributed by atoms with Crippen molar-refractivity contribution in [2.24, 2.45) is 0 Å². The quantitative estimate of drug-likeness (QED) is 0.676. The first-order valence-corrected chi connectivity index (χ1v) is 5.99. The van der Waals surface area contributed by atoms with E-state index in [0.29, 0.717) is 22.8 Å². The lowest BCUT2D eigenvalue weighted by atomic mass is 10.0. The van der Waals surface area contributed by atoms with Crippen LogP contribution in [0.2, 0.25) is 0 Å². The molecule has 1 rings (SSSR count). The van der Waals surface area contributed by atoms with Crippen molar-refractivity contribution in [2.45, 2.75) is 12.2 Å². The molecule has 0 aliphatic heterocycles. The van der Waals surface area contributed by atoms with Crippen LogP contribution in [0.1, 0.15) is 11.7 Å². The molecule has 2 atom stereocenters. The molecule has 18 heavy (non-hydrogen) atoms. The van der Waals surface area contributed by atoms with Crippen LogP contribution in [0.4, 0.5) is 0 Å². The van der Waals surface area contributed by atoms with Crippen molar-refractivity contribution >= 4 is 12.6 Å². The van der Waals surface area contributed by atoms with Crippen molar-refractivity contribution in [2.75, 3.05) is 27.1 Å². The number of hydrogen-bond donors (Lipinski definition) is 3. The summed E-state index contributed by atoms with van der Waals surface area (Å²) in [5, 5.41) is 19.6. The third kappa shape index (κ3) is 3.01. The summed E-state index contributed by atoms with van der Waals surface area (Å²) in [6, 6.07) is 3.18. The van der Waals surface area contributed by atoms with Gasteiger partial charge in [0.15, 0.2) is 11.5 Å². The molecule has 5 nitrogen and oxygen atoms in total. The minimum atomic E-state index is -1.10. The largest absolute Gasteiger partial charge is 0.496 e. The second kappa shape index (κ2) is 6.72. The number of aliphatic hydroxyl groups is 2. The number of hydrogen-bond acceptors (Lipinski definition) is 6. The highest BCUT2D eigenvalue weighted by Crippen LogP contribution is 2.38. The molecule has 2 N–H and O–H groups in total. The van der Waals surface area contributed by atoms with E-state index in [2.05, 4.69) is 12.6 Å². The van der Waals surface area contributed by atoms with Gasteiger partial charge in [-0.05, 0) is 6.07 Å². The zero-order chi connectivity index (χ0) is 13.7. The van der Waals surface area contributed by atoms with Gasteiger partial charge in [-0.15, -0.1) is 0 Å². The van der Waals surface area contributed by atoms with Gasteiger partial charge in [0.25, 0.3) is 0 Å². The molecule has 0 saturated heterocycles. The van der Waals surface area contributed by atoms with Crippen LogP contribution in [0.5, 0.6) is 17.2 Å². The van der Waals surface area contributed by atoms with E-state index in [9.17, 15) is 10.2 Å². The van der Waals surface area contributed by atoms with Crippen LogP contribution in [-0.4, -0.2) is 43.4 Å². The van der Waals surface area contributed by atoms with Crippen molar-refractivity contribution < 1.29 is 24.4 Å². The molecule has 2 unspecified atom stereocenters. The van der Waals surface area contributed by atoms with E-state index in [0.717, 1.165) is 0 Å². The lowest BCUT2D eigenvalue weighted by Gasteiger charge is -2.20. The van der Waals surface area contributed by atoms with Crippen molar-refractivity contribution in [1.29, 1.82) is 0 Å². The number of thiol groups is 1. The molecule has 6 heteroatoms. The zero-order valence-electron chi connectivity index (χ0n) is 10.6. The zero-order valence-corrected chi connectivity index (χ0v) is 11.5. The topological polar surface area (TPSA) is 68.2 Å². The fourth-order valence-corrected chi connectivity index (χ4v) is 1.79. The Labute approximate surface area is 112 Å². The first-order valence-electron chi connectivity index (χ1n) is 5.35. The summed E-state index contributed by atoms with van der Waals surface area (Å²) in [5.41, 5.74) is 0.428. The van der Waals surface area contributed by atoms with Gasteiger partial charge in [0.1, 0.15) is 11.9 Å². The van der Waals surface area contributed by atoms with Gasteiger partial charge >= 0.3 is 0 Å². The van der Waals surface area contributed by atoms with Crippen molar-refractivity contribution in [1.82, 2.24) is 0 Å². The maximum absolute atomic E-state index is 10.0. The lowest BCUT2D eigenvalue weighted by molar-refractivity contribution is 0.0320. The minimum absolute atomic E-state index is 0.138. The summed E-state index contributed by atoms with van der Waals surface area (Å²) in [7, 11) is 4.48. The van der Waals surface area contributed by atoms with Gasteiger partial charge in [-0.2, -0.15) is 12.6 Å². The molecule has 102 valence electrons. The fourth-order valence-electron chi connectivity index (χ4n) is 1.59. The summed E-state index contributed by atoms with van der Waals surface area (Å²) in [6.07, 6.45) is -2.09. The van der Waals surface area contributed by atoms with E-state index in [-0.39, 0.29) is 5.75 Å². The highest BCUT2D eigenvalue weighted by molar-refractivity contribution is 7.80. The molecule has 0 bridgehead atoms. The number of ether oxygens (including phenoxy) is 3. The molecule has 1 aromatic carbocycles. The van der Waals surface area contributed by atoms with Crippen LogP contribution in [-0.2, 0) is 0 Å². The Bertz CT molecular complexity index is 396. The summed E-state index contributed by atoms with van der Waals surface area (Å²) in [6.45, 7) is 0. The van der Waals surface area contributed by atoms with Crippen molar-refractivity contribution in [3.05, 3.63) is 17.7 Å². The molecular formula is C12H18O5S. The summed E-state index contributed by atoms with van der Waals surface area (Å²) < 4.78 is 15.5. The average Bonchev–Trinajstić information content (AvgIpc) is 2.43. The predicted molar refractivity (Wildman–Crippen MR) is 70.9 cm³/mol. The number of methoxy groups -OCH3 is 3. The van der Waals surface area contributed by atoms with E-state index in [1.165, 1.54) is 21.3 Å². The Morgan fingerprint density at radius 3 is 1.94 bits per heavy atom. The summed E-state index contributed by atoms with van der Waals surface area (Å²) >= 11 is 3.95. The van der Waals surface area contributed by atoms with E-state index in [1.54, 1.807) is 12.1 Å². The number of aliphatic hydroxyl groups excluding tert-OH is 2. The van der Waals surface area contributed by atoms with Crippen molar-refractivity contribution in [3.8, 4) is 17.2 Å². The SMILES string of the molecule is COc1cc(OC)c(C(O)C(O)CS)cc1OC. The fraction of sp³-hybridized carbons (Fsp3) is 0.500. The second-order valence-corrected chi connectivity index (χ2v) is 4.01. The molecular weight excluding hydrogens is 256 g/mol. The first kappa shape index (κ1) is 14.9. The smallest absolute Gasteiger partial charge is 0.164 e. The third-order valence-electron chi connectivity index (χ3n) is 2.61. The first-order chi connectivity index (χ1) is 8.58. The van der Waals surface area contributed by atoms with E-state index < -0.39 is 12.2 Å². The highest BCUT2D eigenvalue weighted by Gasteiger charge is 2.23. The Morgan fingerprint density at radius 1 is 1.00 bits per heavy atom. The van der Waals surface area contributed by atoms with E-state index in [4.69, 9.17) is 14.2 Å². The minimum Gasteiger partial charge on any atom is -0.496 e.